The van der Waals surface area contributed by atoms with Gasteiger partial charge in [0.15, 0.2) is 5.84 Å². The topological polar surface area (TPSA) is 98.2 Å². The summed E-state index contributed by atoms with van der Waals surface area (Å²) in [6.45, 7) is 16.6. The fourth-order valence-electron chi connectivity index (χ4n) is 4.48. The number of hydrogen-bond donors (Lipinski definition) is 2. The van der Waals surface area contributed by atoms with Crippen LogP contribution in [-0.4, -0.2) is 34.9 Å². The van der Waals surface area contributed by atoms with Gasteiger partial charge in [0.25, 0.3) is 5.96 Å². The van der Waals surface area contributed by atoms with Crippen molar-refractivity contribution in [1.82, 2.24) is 10.9 Å². The van der Waals surface area contributed by atoms with Crippen LogP contribution in [0, 0.1) is 0 Å². The smallest absolute Gasteiger partial charge is 0.253 e. The Balaban J connectivity index is 0.00000259. The minimum atomic E-state index is 0. The fraction of sp³-hybridized carbons (Fsp3) is 0.333. The van der Waals surface area contributed by atoms with Gasteiger partial charge in [-0.2, -0.15) is 9.98 Å². The van der Waals surface area contributed by atoms with Crippen LogP contribution in [0.5, 0.6) is 0 Å². The van der Waals surface area contributed by atoms with Crippen LogP contribution < -0.4 is 10.9 Å². The minimum Gasteiger partial charge on any atom is -0.281 e. The molecule has 0 aromatic rings. The van der Waals surface area contributed by atoms with Crippen molar-refractivity contribution in [2.75, 3.05) is 0 Å². The zero-order valence-electron chi connectivity index (χ0n) is 20.0. The third-order valence-corrected chi connectivity index (χ3v) is 6.66. The number of nitrogens with one attached hydrogen (secondary N) is 2. The van der Waals surface area contributed by atoms with Crippen LogP contribution in [0.2, 0.25) is 0 Å². The van der Waals surface area contributed by atoms with Crippen LogP contribution in [0.3, 0.4) is 0 Å². The molecule has 0 saturated heterocycles. The molecule has 0 unspecified atom stereocenters. The molecule has 0 atom stereocenters. The number of nitrogens with zero attached hydrogens (tertiary/aromatic N) is 6. The molecule has 0 radical (unpaired) electrons. The number of hydrazine groups is 1. The first-order valence-corrected chi connectivity index (χ1v) is 10.7. The van der Waals surface area contributed by atoms with E-state index in [1.54, 1.807) is 0 Å². The summed E-state index contributed by atoms with van der Waals surface area (Å²) >= 11 is 0. The maximum atomic E-state index is 5.07. The Hall–Kier alpha value is -3.19. The summed E-state index contributed by atoms with van der Waals surface area (Å²) in [5.41, 5.74) is 19.2. The Labute approximate surface area is 203 Å². The molecule has 172 valence electrons. The molecule has 5 rings (SSSR count). The quantitative estimate of drug-likeness (QED) is 0.506. The van der Waals surface area contributed by atoms with Crippen LogP contribution >= 0.6 is 0 Å². The predicted octanol–water partition coefficient (Wildman–Crippen LogP) is 4.09. The second kappa shape index (κ2) is 7.99. The number of hydrogen-bond acceptors (Lipinski definition) is 8. The van der Waals surface area contributed by atoms with Gasteiger partial charge in [-0.25, -0.2) is 20.0 Å². The Bertz CT molecular complexity index is 1370. The van der Waals surface area contributed by atoms with E-state index in [4.69, 9.17) is 9.98 Å². The van der Waals surface area contributed by atoms with E-state index in [0.717, 1.165) is 73.2 Å². The van der Waals surface area contributed by atoms with Gasteiger partial charge < -0.3 is 0 Å². The predicted molar refractivity (Wildman–Crippen MR) is 131 cm³/mol. The Morgan fingerprint density at radius 2 is 1.00 bits per heavy atom. The number of guanidine groups is 2. The van der Waals surface area contributed by atoms with Crippen LogP contribution in [0.25, 0.3) is 0 Å². The Morgan fingerprint density at radius 3 is 1.61 bits per heavy atom. The van der Waals surface area contributed by atoms with Crippen molar-refractivity contribution in [2.24, 2.45) is 30.0 Å². The molecular formula is C24H26N8Ni. The molecule has 2 N–H and O–H groups in total. The van der Waals surface area contributed by atoms with Gasteiger partial charge in [-0.1, -0.05) is 0 Å². The Morgan fingerprint density at radius 1 is 0.455 bits per heavy atom. The second-order valence-electron chi connectivity index (χ2n) is 8.60. The monoisotopic (exact) mass is 484 g/mol. The number of fused-ring (bicyclic) bond motifs is 4. The first-order chi connectivity index (χ1) is 15.2. The standard InChI is InChI=1S/C24H26N8.Ni/c1-9-10(2)19-14(6)21-16(8)25-23(28-21)30-24-29-22(31-32-24)15(7)20-12(4)11(3)18(27-20)13(5)17(9)26-19;/h1-8H3,(H2,25,28,29,30,31,32);. The van der Waals surface area contributed by atoms with Gasteiger partial charge in [0.05, 0.1) is 34.2 Å². The summed E-state index contributed by atoms with van der Waals surface area (Å²) in [6.07, 6.45) is 0. The van der Waals surface area contributed by atoms with Gasteiger partial charge in [0.1, 0.15) is 0 Å². The SMILES string of the molecule is CC1=NC2=NC1=C(C)C1=NC(=C(C)C3=NC(=C(C)C4=NC(=N2)NN4)C(C)=C3C)C(C)=C1C.[Ni]. The third-order valence-electron chi connectivity index (χ3n) is 6.66. The van der Waals surface area contributed by atoms with E-state index in [-0.39, 0.29) is 16.5 Å². The maximum absolute atomic E-state index is 5.07. The molecule has 0 spiro atoms. The Kier molecular flexibility index (Phi) is 5.57. The first kappa shape index (κ1) is 23.0. The largest absolute Gasteiger partial charge is 0.281 e. The summed E-state index contributed by atoms with van der Waals surface area (Å²) in [4.78, 5) is 28.4. The van der Waals surface area contributed by atoms with Gasteiger partial charge in [0.2, 0.25) is 5.96 Å². The van der Waals surface area contributed by atoms with E-state index in [1.165, 1.54) is 0 Å². The van der Waals surface area contributed by atoms with Gasteiger partial charge in [-0.3, -0.25) is 10.9 Å². The van der Waals surface area contributed by atoms with Gasteiger partial charge >= 0.3 is 0 Å². The molecule has 5 aliphatic heterocycles. The second-order valence-corrected chi connectivity index (χ2v) is 8.60. The van der Waals surface area contributed by atoms with Crippen LogP contribution in [0.4, 0.5) is 0 Å². The fourth-order valence-corrected chi connectivity index (χ4v) is 4.48. The van der Waals surface area contributed by atoms with Crippen molar-refractivity contribution < 1.29 is 16.5 Å². The average Bonchev–Trinajstić information content (AvgIpc) is 3.50. The van der Waals surface area contributed by atoms with Crippen molar-refractivity contribution in [2.45, 2.75) is 55.4 Å². The zero-order valence-corrected chi connectivity index (χ0v) is 21.0. The molecule has 0 aromatic heterocycles. The maximum Gasteiger partial charge on any atom is 0.253 e. The number of allylic oxidation sites excluding steroid dienone is 7. The summed E-state index contributed by atoms with van der Waals surface area (Å²) < 4.78 is 0. The van der Waals surface area contributed by atoms with Crippen molar-refractivity contribution in [1.29, 1.82) is 0 Å². The summed E-state index contributed by atoms with van der Waals surface area (Å²) in [7, 11) is 0. The van der Waals surface area contributed by atoms with Crippen molar-refractivity contribution in [3.05, 3.63) is 56.1 Å². The van der Waals surface area contributed by atoms with Crippen LogP contribution in [0.1, 0.15) is 55.4 Å². The van der Waals surface area contributed by atoms with E-state index < -0.39 is 0 Å². The van der Waals surface area contributed by atoms with E-state index in [1.807, 2.05) is 20.8 Å². The molecule has 33 heavy (non-hydrogen) atoms. The normalized spacial score (nSPS) is 22.1. The molecule has 5 heterocycles. The molecule has 0 saturated carbocycles. The van der Waals surface area contributed by atoms with Gasteiger partial charge in [-0.05, 0) is 77.7 Å². The molecule has 8 nitrogen and oxygen atoms in total. The molecule has 0 aliphatic carbocycles. The summed E-state index contributed by atoms with van der Waals surface area (Å²) in [5, 5.41) is 0. The molecule has 5 aliphatic rings. The van der Waals surface area contributed by atoms with Crippen molar-refractivity contribution in [3.63, 3.8) is 0 Å². The van der Waals surface area contributed by atoms with Gasteiger partial charge in [-0.15, -0.1) is 0 Å². The van der Waals surface area contributed by atoms with Gasteiger partial charge in [0, 0.05) is 33.2 Å². The first-order valence-electron chi connectivity index (χ1n) is 10.7. The van der Waals surface area contributed by atoms with Crippen molar-refractivity contribution >= 4 is 34.9 Å². The third kappa shape index (κ3) is 3.42. The molecule has 0 fully saturated rings. The minimum absolute atomic E-state index is 0. The number of aliphatic imine (C=N–C) groups is 6. The van der Waals surface area contributed by atoms with Crippen molar-refractivity contribution in [3.8, 4) is 0 Å². The van der Waals surface area contributed by atoms with E-state index in [9.17, 15) is 0 Å². The van der Waals surface area contributed by atoms with Crippen LogP contribution in [-0.2, 0) is 16.5 Å². The van der Waals surface area contributed by atoms with E-state index >= 15 is 0 Å². The molecule has 0 amide bonds. The zero-order chi connectivity index (χ0) is 22.9. The molecule has 0 aromatic carbocycles. The van der Waals surface area contributed by atoms with Crippen LogP contribution in [0.15, 0.2) is 86.1 Å². The molecule has 9 heteroatoms. The number of amidine groups is 1. The summed E-state index contributed by atoms with van der Waals surface area (Å²) in [5.74, 6) is 1.48. The van der Waals surface area contributed by atoms with E-state index in [0.29, 0.717) is 17.8 Å². The molecule has 8 bridgehead atoms. The number of rotatable bonds is 0. The average molecular weight is 485 g/mol. The summed E-state index contributed by atoms with van der Waals surface area (Å²) in [6, 6.07) is 0. The van der Waals surface area contributed by atoms with E-state index in [2.05, 4.69) is 65.4 Å². The molecular weight excluding hydrogens is 459 g/mol.